The fourth-order valence-electron chi connectivity index (χ4n) is 3.34. The summed E-state index contributed by atoms with van der Waals surface area (Å²) in [6.07, 6.45) is 1.27. The van der Waals surface area contributed by atoms with Gasteiger partial charge in [-0.2, -0.15) is 0 Å². The van der Waals surface area contributed by atoms with Crippen LogP contribution in [0.4, 0.5) is 0 Å². The van der Waals surface area contributed by atoms with E-state index >= 15 is 0 Å². The van der Waals surface area contributed by atoms with Crippen molar-refractivity contribution in [2.75, 3.05) is 6.61 Å². The molecule has 19 heavy (non-hydrogen) atoms. The maximum atomic E-state index is 11.6. The van der Waals surface area contributed by atoms with Crippen LogP contribution in [0.5, 0.6) is 0 Å². The molecule has 2 rings (SSSR count). The van der Waals surface area contributed by atoms with Gasteiger partial charge in [-0.15, -0.1) is 0 Å². The summed E-state index contributed by atoms with van der Waals surface area (Å²) in [7, 11) is 0. The molecule has 1 fully saturated rings. The Kier molecular flexibility index (Phi) is 4.11. The van der Waals surface area contributed by atoms with Crippen molar-refractivity contribution in [3.63, 3.8) is 0 Å². The van der Waals surface area contributed by atoms with Crippen LogP contribution in [0.2, 0.25) is 0 Å². The lowest BCUT2D eigenvalue weighted by Crippen LogP contribution is -2.37. The number of hydrogen-bond acceptors (Lipinski definition) is 4. The second-order valence-corrected chi connectivity index (χ2v) is 5.65. The maximum Gasteiger partial charge on any atom is 0.334 e. The summed E-state index contributed by atoms with van der Waals surface area (Å²) in [5, 5.41) is 19.5. The Balaban J connectivity index is 2.22. The van der Waals surface area contributed by atoms with Gasteiger partial charge in [0.25, 0.3) is 0 Å². The third-order valence-corrected chi connectivity index (χ3v) is 4.31. The monoisotopic (exact) mass is 266 g/mol. The fraction of sp³-hybridized carbons (Fsp3) is 0.667. The summed E-state index contributed by atoms with van der Waals surface area (Å²) in [5.41, 5.74) is 2.48. The molecule has 4 atom stereocenters. The van der Waals surface area contributed by atoms with Crippen molar-refractivity contribution in [2.24, 2.45) is 11.8 Å². The summed E-state index contributed by atoms with van der Waals surface area (Å²) in [6.45, 7) is 7.95. The summed E-state index contributed by atoms with van der Waals surface area (Å²) in [6, 6.07) is 0. The van der Waals surface area contributed by atoms with Crippen molar-refractivity contribution < 1.29 is 19.7 Å². The van der Waals surface area contributed by atoms with Crippen LogP contribution in [0.1, 0.15) is 33.1 Å². The SMILES string of the molecule is C=C1C(=O)O[C@@H]2CC(C)=C([C@H](C)CCCO)[C@H](O)[C@H]12. The first-order valence-electron chi connectivity index (χ1n) is 6.85. The molecule has 1 saturated heterocycles. The summed E-state index contributed by atoms with van der Waals surface area (Å²) >= 11 is 0. The van der Waals surface area contributed by atoms with E-state index in [4.69, 9.17) is 9.84 Å². The van der Waals surface area contributed by atoms with Crippen LogP contribution in [0, 0.1) is 11.8 Å². The highest BCUT2D eigenvalue weighted by atomic mass is 16.6. The van der Waals surface area contributed by atoms with E-state index in [0.29, 0.717) is 12.0 Å². The number of carbonyl (C=O) groups excluding carboxylic acids is 1. The first-order chi connectivity index (χ1) is 8.97. The second kappa shape index (κ2) is 5.47. The minimum Gasteiger partial charge on any atom is -0.458 e. The Labute approximate surface area is 113 Å². The zero-order chi connectivity index (χ0) is 14.2. The second-order valence-electron chi connectivity index (χ2n) is 5.65. The van der Waals surface area contributed by atoms with Crippen LogP contribution in [-0.4, -0.2) is 35.0 Å². The zero-order valence-electron chi connectivity index (χ0n) is 11.6. The summed E-state index contributed by atoms with van der Waals surface area (Å²) in [4.78, 5) is 11.6. The van der Waals surface area contributed by atoms with E-state index in [0.717, 1.165) is 24.0 Å². The van der Waals surface area contributed by atoms with E-state index in [2.05, 4.69) is 13.5 Å². The van der Waals surface area contributed by atoms with Crippen LogP contribution >= 0.6 is 0 Å². The molecule has 0 aromatic rings. The number of carbonyl (C=O) groups is 1. The van der Waals surface area contributed by atoms with Gasteiger partial charge in [0.15, 0.2) is 0 Å². The molecule has 0 radical (unpaired) electrons. The number of hydrogen-bond donors (Lipinski definition) is 2. The fourth-order valence-corrected chi connectivity index (χ4v) is 3.34. The van der Waals surface area contributed by atoms with Crippen LogP contribution in [0.15, 0.2) is 23.3 Å². The molecule has 0 unspecified atom stereocenters. The van der Waals surface area contributed by atoms with Crippen LogP contribution < -0.4 is 0 Å². The smallest absolute Gasteiger partial charge is 0.334 e. The Morgan fingerprint density at radius 3 is 2.84 bits per heavy atom. The molecule has 2 N–H and O–H groups in total. The van der Waals surface area contributed by atoms with Gasteiger partial charge in [-0.1, -0.05) is 19.1 Å². The number of fused-ring (bicyclic) bond motifs is 1. The maximum absolute atomic E-state index is 11.6. The minimum atomic E-state index is -0.689. The molecular weight excluding hydrogens is 244 g/mol. The molecule has 0 aromatic carbocycles. The Morgan fingerprint density at radius 1 is 1.53 bits per heavy atom. The normalized spacial score (nSPS) is 32.3. The van der Waals surface area contributed by atoms with Crippen molar-refractivity contribution in [1.29, 1.82) is 0 Å². The molecule has 0 bridgehead atoms. The van der Waals surface area contributed by atoms with E-state index < -0.39 is 6.10 Å². The van der Waals surface area contributed by atoms with Gasteiger partial charge in [-0.05, 0) is 31.3 Å². The standard InChI is InChI=1S/C15H22O4/c1-8(5-4-6-16)12-9(2)7-11-13(14(12)17)10(3)15(18)19-11/h8,11,13-14,16-17H,3-7H2,1-2H3/t8-,11-,13-,14+/m1/s1. The van der Waals surface area contributed by atoms with Gasteiger partial charge in [-0.3, -0.25) is 0 Å². The third kappa shape index (κ3) is 2.47. The van der Waals surface area contributed by atoms with Gasteiger partial charge in [-0.25, -0.2) is 4.79 Å². The van der Waals surface area contributed by atoms with Gasteiger partial charge in [0.1, 0.15) is 6.10 Å². The van der Waals surface area contributed by atoms with Gasteiger partial charge in [0.05, 0.1) is 12.0 Å². The molecule has 4 nitrogen and oxygen atoms in total. The highest BCUT2D eigenvalue weighted by Gasteiger charge is 2.47. The molecule has 0 aromatic heterocycles. The number of esters is 1. The zero-order valence-corrected chi connectivity index (χ0v) is 11.6. The molecule has 0 amide bonds. The van der Waals surface area contributed by atoms with Crippen LogP contribution in [0.3, 0.4) is 0 Å². The summed E-state index contributed by atoms with van der Waals surface area (Å²) in [5.74, 6) is -0.486. The number of aliphatic hydroxyl groups is 2. The van der Waals surface area contributed by atoms with E-state index in [1.807, 2.05) is 6.92 Å². The van der Waals surface area contributed by atoms with Crippen molar-refractivity contribution in [2.45, 2.75) is 45.3 Å². The van der Waals surface area contributed by atoms with Crippen LogP contribution in [0.25, 0.3) is 0 Å². The van der Waals surface area contributed by atoms with Crippen molar-refractivity contribution in [3.8, 4) is 0 Å². The van der Waals surface area contributed by atoms with Crippen molar-refractivity contribution in [3.05, 3.63) is 23.3 Å². The largest absolute Gasteiger partial charge is 0.458 e. The topological polar surface area (TPSA) is 66.8 Å². The van der Waals surface area contributed by atoms with E-state index in [-0.39, 0.29) is 30.5 Å². The van der Waals surface area contributed by atoms with Gasteiger partial charge >= 0.3 is 5.97 Å². The number of rotatable bonds is 4. The predicted octanol–water partition coefficient (Wildman–Crippen LogP) is 1.57. The van der Waals surface area contributed by atoms with E-state index in [1.165, 1.54) is 0 Å². The first-order valence-corrected chi connectivity index (χ1v) is 6.85. The predicted molar refractivity (Wildman–Crippen MR) is 71.3 cm³/mol. The van der Waals surface area contributed by atoms with Crippen molar-refractivity contribution >= 4 is 5.97 Å². The van der Waals surface area contributed by atoms with Crippen molar-refractivity contribution in [1.82, 2.24) is 0 Å². The lowest BCUT2D eigenvalue weighted by atomic mass is 9.73. The minimum absolute atomic E-state index is 0.160. The highest BCUT2D eigenvalue weighted by Crippen LogP contribution is 2.43. The molecule has 106 valence electrons. The van der Waals surface area contributed by atoms with Gasteiger partial charge in [0, 0.05) is 18.6 Å². The molecule has 1 aliphatic heterocycles. The third-order valence-electron chi connectivity index (χ3n) is 4.31. The van der Waals surface area contributed by atoms with Crippen LogP contribution in [-0.2, 0) is 9.53 Å². The first kappa shape index (κ1) is 14.3. The summed E-state index contributed by atoms with van der Waals surface area (Å²) < 4.78 is 5.25. The number of aliphatic hydroxyl groups excluding tert-OH is 2. The van der Waals surface area contributed by atoms with Gasteiger partial charge < -0.3 is 14.9 Å². The molecule has 2 aliphatic rings. The molecule has 0 saturated carbocycles. The Bertz CT molecular complexity index is 424. The molecule has 1 heterocycles. The van der Waals surface area contributed by atoms with E-state index in [9.17, 15) is 9.90 Å². The Hall–Kier alpha value is -1.13. The van der Waals surface area contributed by atoms with E-state index in [1.54, 1.807) is 0 Å². The lowest BCUT2D eigenvalue weighted by molar-refractivity contribution is -0.139. The molecule has 0 spiro atoms. The average Bonchev–Trinajstić information content (AvgIpc) is 2.62. The number of ether oxygens (including phenoxy) is 1. The van der Waals surface area contributed by atoms with Gasteiger partial charge in [0.2, 0.25) is 0 Å². The molecular formula is C15H22O4. The quantitative estimate of drug-likeness (QED) is 0.460. The molecule has 1 aliphatic carbocycles. The molecule has 4 heteroatoms. The lowest BCUT2D eigenvalue weighted by Gasteiger charge is -2.35. The average molecular weight is 266 g/mol. The highest BCUT2D eigenvalue weighted by molar-refractivity contribution is 5.91. The Morgan fingerprint density at radius 2 is 2.21 bits per heavy atom.